The SMILES string of the molecule is CCC/C=C\C/C=C\CCCCCCCC(=O)OCCCCCCCCCCC/C=C\CCCCCCCCCC(=O)NC(CO)C(O)CCCCCCCCCCCCCCCCCCCCCCCCCCC. The van der Waals surface area contributed by atoms with E-state index in [2.05, 4.69) is 55.6 Å². The third-order valence-electron chi connectivity index (χ3n) is 15.6. The molecule has 442 valence electrons. The topological polar surface area (TPSA) is 95.9 Å². The monoisotopic (exact) mass is 1050 g/mol. The molecule has 3 N–H and O–H groups in total. The molecule has 75 heavy (non-hydrogen) atoms. The van der Waals surface area contributed by atoms with Crippen molar-refractivity contribution in [2.45, 2.75) is 379 Å². The van der Waals surface area contributed by atoms with Gasteiger partial charge >= 0.3 is 5.97 Å². The molecule has 6 nitrogen and oxygen atoms in total. The van der Waals surface area contributed by atoms with Gasteiger partial charge in [0.1, 0.15) is 0 Å². The first-order chi connectivity index (χ1) is 37.0. The highest BCUT2D eigenvalue weighted by Gasteiger charge is 2.20. The van der Waals surface area contributed by atoms with Gasteiger partial charge in [-0.3, -0.25) is 9.59 Å². The number of nitrogens with one attached hydrogen (secondary N) is 1. The first kappa shape index (κ1) is 73.1. The van der Waals surface area contributed by atoms with Crippen molar-refractivity contribution in [3.8, 4) is 0 Å². The molecule has 0 heterocycles. The van der Waals surface area contributed by atoms with Crippen LogP contribution in [0.5, 0.6) is 0 Å². The lowest BCUT2D eigenvalue weighted by Crippen LogP contribution is -2.45. The third kappa shape index (κ3) is 61.2. The minimum atomic E-state index is -0.672. The number of hydrogen-bond acceptors (Lipinski definition) is 5. The Bertz CT molecular complexity index is 1210. The van der Waals surface area contributed by atoms with E-state index in [1.165, 1.54) is 283 Å². The average molecular weight is 1050 g/mol. The van der Waals surface area contributed by atoms with E-state index in [0.29, 0.717) is 25.9 Å². The van der Waals surface area contributed by atoms with Gasteiger partial charge in [0, 0.05) is 12.8 Å². The van der Waals surface area contributed by atoms with Crippen molar-refractivity contribution in [3.05, 3.63) is 36.5 Å². The Balaban J connectivity index is 3.43. The molecule has 0 aromatic carbocycles. The van der Waals surface area contributed by atoms with Gasteiger partial charge in [-0.15, -0.1) is 0 Å². The van der Waals surface area contributed by atoms with Gasteiger partial charge in [0.25, 0.3) is 0 Å². The first-order valence-corrected chi connectivity index (χ1v) is 33.7. The van der Waals surface area contributed by atoms with E-state index in [0.717, 1.165) is 51.4 Å². The van der Waals surface area contributed by atoms with Crippen molar-refractivity contribution in [1.82, 2.24) is 5.32 Å². The summed E-state index contributed by atoms with van der Waals surface area (Å²) in [6, 6.07) is -0.550. The lowest BCUT2D eigenvalue weighted by atomic mass is 10.0. The Morgan fingerprint density at radius 1 is 0.373 bits per heavy atom. The summed E-state index contributed by atoms with van der Waals surface area (Å²) < 4.78 is 5.47. The maximum absolute atomic E-state index is 12.5. The summed E-state index contributed by atoms with van der Waals surface area (Å²) in [6.45, 7) is 4.90. The lowest BCUT2D eigenvalue weighted by Gasteiger charge is -2.22. The van der Waals surface area contributed by atoms with Gasteiger partial charge in [0.2, 0.25) is 5.91 Å². The molecule has 0 aromatic heterocycles. The molecule has 6 heteroatoms. The zero-order valence-corrected chi connectivity index (χ0v) is 50.5. The summed E-state index contributed by atoms with van der Waals surface area (Å²) in [5.41, 5.74) is 0. The lowest BCUT2D eigenvalue weighted by molar-refractivity contribution is -0.143. The van der Waals surface area contributed by atoms with Crippen molar-refractivity contribution in [1.29, 1.82) is 0 Å². The maximum Gasteiger partial charge on any atom is 0.305 e. The molecule has 0 aliphatic carbocycles. The molecule has 0 aliphatic rings. The number of esters is 1. The second-order valence-electron chi connectivity index (χ2n) is 23.1. The van der Waals surface area contributed by atoms with Crippen LogP contribution < -0.4 is 5.32 Å². The Morgan fingerprint density at radius 2 is 0.693 bits per heavy atom. The summed E-state index contributed by atoms with van der Waals surface area (Å²) in [4.78, 5) is 24.6. The van der Waals surface area contributed by atoms with Crippen LogP contribution in [0, 0.1) is 0 Å². The van der Waals surface area contributed by atoms with Gasteiger partial charge in [0.05, 0.1) is 25.4 Å². The average Bonchev–Trinajstić information content (AvgIpc) is 3.41. The van der Waals surface area contributed by atoms with Crippen LogP contribution >= 0.6 is 0 Å². The molecule has 1 amide bonds. The van der Waals surface area contributed by atoms with Crippen molar-refractivity contribution in [2.75, 3.05) is 13.2 Å². The quantitative estimate of drug-likeness (QED) is 0.0320. The summed E-state index contributed by atoms with van der Waals surface area (Å²) in [7, 11) is 0. The number of aliphatic hydroxyl groups is 2. The van der Waals surface area contributed by atoms with Crippen molar-refractivity contribution < 1.29 is 24.5 Å². The highest BCUT2D eigenvalue weighted by atomic mass is 16.5. The van der Waals surface area contributed by atoms with E-state index in [-0.39, 0.29) is 18.5 Å². The molecule has 0 fully saturated rings. The minimum absolute atomic E-state index is 0.00857. The van der Waals surface area contributed by atoms with Gasteiger partial charge < -0.3 is 20.3 Å². The summed E-state index contributed by atoms with van der Waals surface area (Å²) in [5, 5.41) is 23.4. The van der Waals surface area contributed by atoms with Crippen molar-refractivity contribution in [2.24, 2.45) is 0 Å². The van der Waals surface area contributed by atoms with Crippen molar-refractivity contribution in [3.63, 3.8) is 0 Å². The first-order valence-electron chi connectivity index (χ1n) is 33.7. The second-order valence-corrected chi connectivity index (χ2v) is 23.1. The molecule has 0 aliphatic heterocycles. The summed E-state index contributed by atoms with van der Waals surface area (Å²) in [6.07, 6.45) is 81.7. The molecule has 0 spiro atoms. The Hall–Kier alpha value is -1.92. The van der Waals surface area contributed by atoms with Gasteiger partial charge in [-0.25, -0.2) is 0 Å². The second kappa shape index (κ2) is 64.6. The van der Waals surface area contributed by atoms with Crippen LogP contribution in [-0.2, 0) is 14.3 Å². The number of carbonyl (C=O) groups is 2. The van der Waals surface area contributed by atoms with E-state index >= 15 is 0 Å². The van der Waals surface area contributed by atoms with Crippen molar-refractivity contribution >= 4 is 11.9 Å². The zero-order valence-electron chi connectivity index (χ0n) is 50.5. The number of hydrogen-bond donors (Lipinski definition) is 3. The standard InChI is InChI=1S/C69H131NO5/c1-3-5-7-9-11-13-15-17-18-19-20-21-22-23-24-25-28-31-34-38-41-45-49-53-57-61-67(72)66(65-71)70-68(73)62-58-54-50-46-42-39-35-32-29-26-27-30-33-36-40-44-48-52-56-60-64-75-69(74)63-59-55-51-47-43-37-16-14-12-10-8-6-4-2/h8,10,14,16,26,29,66-67,71-72H,3-7,9,11-13,15,17-25,27-28,30-65H2,1-2H3,(H,70,73)/b10-8-,16-14-,29-26-. The molecular formula is C69H131NO5. The molecule has 2 atom stereocenters. The zero-order chi connectivity index (χ0) is 54.3. The molecule has 0 aromatic rings. The van der Waals surface area contributed by atoms with Crippen LogP contribution in [0.4, 0.5) is 0 Å². The molecular weight excluding hydrogens is 923 g/mol. The number of rotatable bonds is 63. The third-order valence-corrected chi connectivity index (χ3v) is 15.6. The van der Waals surface area contributed by atoms with Crippen LogP contribution in [0.3, 0.4) is 0 Å². The number of unbranched alkanes of at least 4 members (excludes halogenated alkanes) is 46. The minimum Gasteiger partial charge on any atom is -0.466 e. The summed E-state index contributed by atoms with van der Waals surface area (Å²) in [5.74, 6) is -0.0487. The number of ether oxygens (including phenoxy) is 1. The largest absolute Gasteiger partial charge is 0.466 e. The van der Waals surface area contributed by atoms with Gasteiger partial charge in [-0.2, -0.15) is 0 Å². The van der Waals surface area contributed by atoms with E-state index in [4.69, 9.17) is 4.74 Å². The Kier molecular flexibility index (Phi) is 63.0. The molecule has 0 saturated carbocycles. The van der Waals surface area contributed by atoms with Gasteiger partial charge in [-0.05, 0) is 77.0 Å². The molecule has 0 saturated heterocycles. The van der Waals surface area contributed by atoms with E-state index in [1.54, 1.807) is 0 Å². The number of allylic oxidation sites excluding steroid dienone is 6. The molecule has 0 bridgehead atoms. The smallest absolute Gasteiger partial charge is 0.305 e. The fraction of sp³-hybridized carbons (Fsp3) is 0.884. The molecule has 0 radical (unpaired) electrons. The van der Waals surface area contributed by atoms with Crippen LogP contribution in [-0.4, -0.2) is 47.4 Å². The highest BCUT2D eigenvalue weighted by Crippen LogP contribution is 2.18. The normalized spacial score (nSPS) is 12.7. The molecule has 2 unspecified atom stereocenters. The Labute approximate surface area is 468 Å². The predicted octanol–water partition coefficient (Wildman–Crippen LogP) is 21.5. The number of amides is 1. The van der Waals surface area contributed by atoms with Crippen LogP contribution in [0.2, 0.25) is 0 Å². The number of aliphatic hydroxyl groups excluding tert-OH is 2. The number of carbonyl (C=O) groups excluding carboxylic acids is 2. The highest BCUT2D eigenvalue weighted by molar-refractivity contribution is 5.76. The van der Waals surface area contributed by atoms with E-state index in [1.807, 2.05) is 0 Å². The van der Waals surface area contributed by atoms with Gasteiger partial charge in [-0.1, -0.05) is 314 Å². The van der Waals surface area contributed by atoms with Crippen LogP contribution in [0.25, 0.3) is 0 Å². The van der Waals surface area contributed by atoms with Crippen LogP contribution in [0.15, 0.2) is 36.5 Å². The van der Waals surface area contributed by atoms with Crippen LogP contribution in [0.1, 0.15) is 367 Å². The van der Waals surface area contributed by atoms with Gasteiger partial charge in [0.15, 0.2) is 0 Å². The maximum atomic E-state index is 12.5. The van der Waals surface area contributed by atoms with E-state index < -0.39 is 12.1 Å². The predicted molar refractivity (Wildman–Crippen MR) is 329 cm³/mol. The summed E-state index contributed by atoms with van der Waals surface area (Å²) >= 11 is 0. The van der Waals surface area contributed by atoms with E-state index in [9.17, 15) is 19.8 Å². The fourth-order valence-electron chi connectivity index (χ4n) is 10.5. The Morgan fingerprint density at radius 3 is 1.08 bits per heavy atom. The fourth-order valence-corrected chi connectivity index (χ4v) is 10.5. The molecule has 0 rings (SSSR count).